The Morgan fingerprint density at radius 3 is 2.76 bits per heavy atom. The summed E-state index contributed by atoms with van der Waals surface area (Å²) in [5.74, 6) is 1.69. The van der Waals surface area contributed by atoms with Crippen molar-refractivity contribution in [1.29, 1.82) is 0 Å². The third-order valence-corrected chi connectivity index (χ3v) is 6.03. The second-order valence-electron chi connectivity index (χ2n) is 8.03. The largest absolute Gasteiger partial charge is 0.486 e. The van der Waals surface area contributed by atoms with E-state index in [1.807, 2.05) is 18.2 Å². The number of ketones is 1. The van der Waals surface area contributed by atoms with E-state index in [4.69, 9.17) is 23.7 Å². The highest BCUT2D eigenvalue weighted by Gasteiger charge is 2.39. The summed E-state index contributed by atoms with van der Waals surface area (Å²) in [4.78, 5) is 29.8. The van der Waals surface area contributed by atoms with Crippen LogP contribution < -0.4 is 18.9 Å². The highest BCUT2D eigenvalue weighted by Crippen LogP contribution is 2.52. The van der Waals surface area contributed by atoms with Gasteiger partial charge in [-0.3, -0.25) is 9.59 Å². The van der Waals surface area contributed by atoms with E-state index in [2.05, 4.69) is 4.98 Å². The molecule has 170 valence electrons. The molecule has 8 heteroatoms. The molecule has 3 aliphatic heterocycles. The summed E-state index contributed by atoms with van der Waals surface area (Å²) in [5.41, 5.74) is 2.51. The predicted molar refractivity (Wildman–Crippen MR) is 120 cm³/mol. The van der Waals surface area contributed by atoms with E-state index in [1.54, 1.807) is 36.5 Å². The first kappa shape index (κ1) is 20.3. The molecule has 0 saturated carbocycles. The fourth-order valence-corrected chi connectivity index (χ4v) is 4.45. The molecule has 6 rings (SSSR count). The van der Waals surface area contributed by atoms with Crippen molar-refractivity contribution in [3.8, 4) is 28.9 Å². The van der Waals surface area contributed by atoms with Gasteiger partial charge in [0.05, 0.1) is 19.1 Å². The van der Waals surface area contributed by atoms with Gasteiger partial charge in [-0.1, -0.05) is 12.1 Å². The number of carbonyl (C=O) groups excluding carboxylic acids is 2. The van der Waals surface area contributed by atoms with E-state index in [-0.39, 0.29) is 23.9 Å². The van der Waals surface area contributed by atoms with E-state index in [0.717, 1.165) is 11.1 Å². The minimum atomic E-state index is -0.434. The Balaban J connectivity index is 1.41. The quantitative estimate of drug-likeness (QED) is 0.425. The number of esters is 1. The average Bonchev–Trinajstić information content (AvgIpc) is 3.18. The molecule has 0 bridgehead atoms. The molecule has 0 amide bonds. The van der Waals surface area contributed by atoms with Gasteiger partial charge in [-0.15, -0.1) is 0 Å². The van der Waals surface area contributed by atoms with Crippen LogP contribution in [0.2, 0.25) is 0 Å². The number of methoxy groups -OCH3 is 1. The van der Waals surface area contributed by atoms with Crippen LogP contribution >= 0.6 is 0 Å². The maximum absolute atomic E-state index is 13.2. The van der Waals surface area contributed by atoms with E-state index in [9.17, 15) is 9.59 Å². The van der Waals surface area contributed by atoms with Crippen molar-refractivity contribution < 1.29 is 33.3 Å². The number of benzene rings is 2. The lowest BCUT2D eigenvalue weighted by molar-refractivity contribution is -0.140. The lowest BCUT2D eigenvalue weighted by Gasteiger charge is -2.27. The van der Waals surface area contributed by atoms with Crippen LogP contribution in [0.25, 0.3) is 6.08 Å². The highest BCUT2D eigenvalue weighted by atomic mass is 16.6. The lowest BCUT2D eigenvalue weighted by atomic mass is 9.85. The number of rotatable bonds is 3. The summed E-state index contributed by atoms with van der Waals surface area (Å²) in [7, 11) is 1.34. The summed E-state index contributed by atoms with van der Waals surface area (Å²) in [6.45, 7) is 0.973. The molecule has 0 aliphatic carbocycles. The molecule has 1 aromatic heterocycles. The maximum atomic E-state index is 13.2. The molecule has 2 aromatic carbocycles. The van der Waals surface area contributed by atoms with E-state index < -0.39 is 5.92 Å². The molecular formula is C26H19NO7. The van der Waals surface area contributed by atoms with Gasteiger partial charge in [0.2, 0.25) is 11.7 Å². The van der Waals surface area contributed by atoms with Gasteiger partial charge in [0.25, 0.3) is 0 Å². The number of Topliss-reactive ketones (excluding diaryl/α,β-unsaturated/α-hetero) is 1. The number of hydrogen-bond acceptors (Lipinski definition) is 8. The van der Waals surface area contributed by atoms with Crippen LogP contribution in [0.3, 0.4) is 0 Å². The van der Waals surface area contributed by atoms with Gasteiger partial charge in [0.15, 0.2) is 17.3 Å². The Morgan fingerprint density at radius 2 is 1.91 bits per heavy atom. The maximum Gasteiger partial charge on any atom is 0.306 e. The number of hydrogen-bond donors (Lipinski definition) is 0. The van der Waals surface area contributed by atoms with Crippen molar-refractivity contribution in [2.75, 3.05) is 20.3 Å². The molecule has 3 aromatic rings. The fraction of sp³-hybridized carbons (Fsp3) is 0.192. The monoisotopic (exact) mass is 457 g/mol. The van der Waals surface area contributed by atoms with E-state index >= 15 is 0 Å². The van der Waals surface area contributed by atoms with Gasteiger partial charge >= 0.3 is 5.97 Å². The number of carbonyl (C=O) groups is 2. The SMILES string of the molecule is COC(=O)C[C@H]1c2cccnc2Oc2ccc3c(c21)O/C(=C\c1ccc2c(c1)OCCO2)C3=O. The first-order chi connectivity index (χ1) is 16.6. The lowest BCUT2D eigenvalue weighted by Crippen LogP contribution is -2.16. The Bertz CT molecular complexity index is 1380. The molecule has 4 heterocycles. The third kappa shape index (κ3) is 3.26. The van der Waals surface area contributed by atoms with Crippen molar-refractivity contribution >= 4 is 17.8 Å². The van der Waals surface area contributed by atoms with Gasteiger partial charge in [0.1, 0.15) is 24.7 Å². The first-order valence-corrected chi connectivity index (χ1v) is 10.8. The third-order valence-electron chi connectivity index (χ3n) is 6.03. The molecular weight excluding hydrogens is 438 g/mol. The van der Waals surface area contributed by atoms with Crippen LogP contribution in [0.4, 0.5) is 0 Å². The molecule has 0 fully saturated rings. The molecule has 0 N–H and O–H groups in total. The molecule has 3 aliphatic rings. The van der Waals surface area contributed by atoms with Crippen molar-refractivity contribution in [2.45, 2.75) is 12.3 Å². The van der Waals surface area contributed by atoms with Crippen LogP contribution in [0, 0.1) is 0 Å². The van der Waals surface area contributed by atoms with Crippen LogP contribution in [0.1, 0.15) is 39.4 Å². The molecule has 8 nitrogen and oxygen atoms in total. The standard InChI is InChI=1S/C26H19NO7/c1-30-22(28)13-17-15-3-2-8-27-26(15)34-19-7-5-16-24(29)21(33-25(16)23(17)19)12-14-4-6-18-20(11-14)32-10-9-31-18/h2-8,11-12,17H,9-10,13H2,1H3/b21-12-/t17-/m0/s1. The molecule has 0 unspecified atom stereocenters. The topological polar surface area (TPSA) is 93.2 Å². The van der Waals surface area contributed by atoms with Gasteiger partial charge < -0.3 is 23.7 Å². The summed E-state index contributed by atoms with van der Waals surface area (Å²) < 4.78 is 28.2. The number of fused-ring (bicyclic) bond motifs is 5. The molecule has 34 heavy (non-hydrogen) atoms. The Hall–Kier alpha value is -4.33. The normalized spacial score (nSPS) is 18.3. The molecule has 1 atom stereocenters. The highest BCUT2D eigenvalue weighted by molar-refractivity contribution is 6.15. The zero-order valence-electron chi connectivity index (χ0n) is 18.2. The zero-order chi connectivity index (χ0) is 23.2. The van der Waals surface area contributed by atoms with Crippen molar-refractivity contribution in [3.63, 3.8) is 0 Å². The Morgan fingerprint density at radius 1 is 1.09 bits per heavy atom. The van der Waals surface area contributed by atoms with Crippen molar-refractivity contribution in [3.05, 3.63) is 76.7 Å². The van der Waals surface area contributed by atoms with Gasteiger partial charge in [-0.2, -0.15) is 0 Å². The fourth-order valence-electron chi connectivity index (χ4n) is 4.45. The van der Waals surface area contributed by atoms with Crippen LogP contribution in [-0.2, 0) is 9.53 Å². The number of aromatic nitrogens is 1. The smallest absolute Gasteiger partial charge is 0.306 e. The minimum Gasteiger partial charge on any atom is -0.486 e. The second kappa shape index (κ2) is 7.91. The summed E-state index contributed by atoms with van der Waals surface area (Å²) in [6.07, 6.45) is 3.35. The van der Waals surface area contributed by atoms with E-state index in [0.29, 0.717) is 53.2 Å². The van der Waals surface area contributed by atoms with Gasteiger partial charge in [-0.05, 0) is 42.0 Å². The zero-order valence-corrected chi connectivity index (χ0v) is 18.2. The summed E-state index contributed by atoms with van der Waals surface area (Å²) >= 11 is 0. The van der Waals surface area contributed by atoms with Crippen LogP contribution in [-0.4, -0.2) is 37.1 Å². The second-order valence-corrected chi connectivity index (χ2v) is 8.03. The van der Waals surface area contributed by atoms with Crippen molar-refractivity contribution in [1.82, 2.24) is 4.98 Å². The number of allylic oxidation sites excluding steroid dienone is 1. The number of pyridine rings is 1. The van der Waals surface area contributed by atoms with Gasteiger partial charge in [0, 0.05) is 23.2 Å². The summed E-state index contributed by atoms with van der Waals surface area (Å²) in [5, 5.41) is 0. The van der Waals surface area contributed by atoms with Gasteiger partial charge in [-0.25, -0.2) is 4.98 Å². The predicted octanol–water partition coefficient (Wildman–Crippen LogP) is 4.27. The summed E-state index contributed by atoms with van der Waals surface area (Å²) in [6, 6.07) is 12.5. The Kier molecular flexibility index (Phi) is 4.72. The van der Waals surface area contributed by atoms with Crippen LogP contribution in [0.5, 0.6) is 28.9 Å². The molecule has 0 spiro atoms. The van der Waals surface area contributed by atoms with Crippen molar-refractivity contribution in [2.24, 2.45) is 0 Å². The Labute approximate surface area is 194 Å². The number of nitrogens with zero attached hydrogens (tertiary/aromatic N) is 1. The van der Waals surface area contributed by atoms with E-state index in [1.165, 1.54) is 7.11 Å². The first-order valence-electron chi connectivity index (χ1n) is 10.8. The van der Waals surface area contributed by atoms with Crippen LogP contribution in [0.15, 0.2) is 54.4 Å². The molecule has 0 radical (unpaired) electrons. The minimum absolute atomic E-state index is 0.0563. The molecule has 0 saturated heterocycles. The average molecular weight is 457 g/mol. The number of ether oxygens (including phenoxy) is 5.